The number of nitrogens with two attached hydrogens (primary N) is 1. The summed E-state index contributed by atoms with van der Waals surface area (Å²) in [6, 6.07) is 4.43. The van der Waals surface area contributed by atoms with Crippen molar-refractivity contribution < 1.29 is 0 Å². The molecule has 1 aliphatic heterocycles. The van der Waals surface area contributed by atoms with Gasteiger partial charge in [-0.15, -0.1) is 11.3 Å². The number of hydrogen-bond donors (Lipinski definition) is 1. The highest BCUT2D eigenvalue weighted by Crippen LogP contribution is 2.23. The second-order valence-corrected chi connectivity index (χ2v) is 5.64. The van der Waals surface area contributed by atoms with Crippen molar-refractivity contribution in [1.82, 2.24) is 4.90 Å². The van der Waals surface area contributed by atoms with Crippen LogP contribution in [-0.2, 0) is 6.54 Å². The van der Waals surface area contributed by atoms with E-state index in [1.807, 2.05) is 6.07 Å². The van der Waals surface area contributed by atoms with Gasteiger partial charge in [-0.1, -0.05) is 11.6 Å². The summed E-state index contributed by atoms with van der Waals surface area (Å²) in [4.78, 5) is 3.75. The van der Waals surface area contributed by atoms with Crippen LogP contribution in [-0.4, -0.2) is 24.0 Å². The Kier molecular flexibility index (Phi) is 3.44. The molecule has 0 aromatic carbocycles. The van der Waals surface area contributed by atoms with Crippen LogP contribution in [0.15, 0.2) is 12.1 Å². The maximum Gasteiger partial charge on any atom is 0.0931 e. The van der Waals surface area contributed by atoms with E-state index >= 15 is 0 Å². The summed E-state index contributed by atoms with van der Waals surface area (Å²) in [5.74, 6) is 0. The lowest BCUT2D eigenvalue weighted by atomic mass is 10.1. The minimum absolute atomic E-state index is 0.360. The summed E-state index contributed by atoms with van der Waals surface area (Å²) in [6.07, 6.45) is 2.39. The predicted octanol–water partition coefficient (Wildman–Crippen LogP) is 2.32. The van der Waals surface area contributed by atoms with Gasteiger partial charge < -0.3 is 5.73 Å². The van der Waals surface area contributed by atoms with E-state index in [4.69, 9.17) is 17.3 Å². The molecule has 78 valence electrons. The predicted molar refractivity (Wildman–Crippen MR) is 61.8 cm³/mol. The number of nitrogens with zero attached hydrogens (tertiary/aromatic N) is 1. The molecule has 0 bridgehead atoms. The third-order valence-electron chi connectivity index (χ3n) is 2.55. The van der Waals surface area contributed by atoms with Crippen molar-refractivity contribution in [3.05, 3.63) is 21.3 Å². The standard InChI is InChI=1S/C10H15ClN2S/c11-10-4-3-9(14-10)7-13-5-1-2-8(12)6-13/h3-4,8H,1-2,5-7,12H2/t8-/m1/s1. The maximum atomic E-state index is 5.92. The van der Waals surface area contributed by atoms with Crippen molar-refractivity contribution in [2.45, 2.75) is 25.4 Å². The monoisotopic (exact) mass is 230 g/mol. The first-order valence-corrected chi connectivity index (χ1v) is 6.15. The fraction of sp³-hybridized carbons (Fsp3) is 0.600. The van der Waals surface area contributed by atoms with E-state index in [-0.39, 0.29) is 0 Å². The summed E-state index contributed by atoms with van der Waals surface area (Å²) < 4.78 is 0.876. The Labute approximate surface area is 93.7 Å². The van der Waals surface area contributed by atoms with E-state index in [0.29, 0.717) is 6.04 Å². The van der Waals surface area contributed by atoms with Crippen molar-refractivity contribution in [3.8, 4) is 0 Å². The molecule has 0 aliphatic carbocycles. The normalized spacial score (nSPS) is 24.0. The first-order chi connectivity index (χ1) is 6.74. The van der Waals surface area contributed by atoms with Crippen molar-refractivity contribution >= 4 is 22.9 Å². The smallest absolute Gasteiger partial charge is 0.0931 e. The molecule has 2 heterocycles. The lowest BCUT2D eigenvalue weighted by molar-refractivity contribution is 0.203. The Morgan fingerprint density at radius 3 is 3.07 bits per heavy atom. The number of hydrogen-bond acceptors (Lipinski definition) is 3. The minimum Gasteiger partial charge on any atom is -0.327 e. The average Bonchev–Trinajstić information content (AvgIpc) is 2.51. The Morgan fingerprint density at radius 2 is 2.43 bits per heavy atom. The molecule has 1 fully saturated rings. The molecule has 1 aromatic heterocycles. The SMILES string of the molecule is N[C@@H]1CCCN(Cc2ccc(Cl)s2)C1. The van der Waals surface area contributed by atoms with Crippen LogP contribution in [0.1, 0.15) is 17.7 Å². The first-order valence-electron chi connectivity index (χ1n) is 4.96. The van der Waals surface area contributed by atoms with E-state index in [1.54, 1.807) is 11.3 Å². The van der Waals surface area contributed by atoms with E-state index < -0.39 is 0 Å². The fourth-order valence-electron chi connectivity index (χ4n) is 1.89. The third-order valence-corrected chi connectivity index (χ3v) is 3.77. The number of likely N-dealkylation sites (tertiary alicyclic amines) is 1. The molecule has 0 saturated carbocycles. The zero-order valence-electron chi connectivity index (χ0n) is 8.08. The van der Waals surface area contributed by atoms with Gasteiger partial charge in [0.15, 0.2) is 0 Å². The molecule has 0 unspecified atom stereocenters. The number of halogens is 1. The lowest BCUT2D eigenvalue weighted by Gasteiger charge is -2.30. The van der Waals surface area contributed by atoms with Crippen LogP contribution in [0.2, 0.25) is 4.34 Å². The van der Waals surface area contributed by atoms with Gasteiger partial charge in [0.05, 0.1) is 4.34 Å². The Bertz CT molecular complexity index is 300. The highest BCUT2D eigenvalue weighted by atomic mass is 35.5. The number of piperidine rings is 1. The van der Waals surface area contributed by atoms with Crippen LogP contribution in [0.4, 0.5) is 0 Å². The second kappa shape index (κ2) is 4.62. The van der Waals surface area contributed by atoms with Crippen molar-refractivity contribution in [3.63, 3.8) is 0 Å². The van der Waals surface area contributed by atoms with Gasteiger partial charge in [-0.25, -0.2) is 0 Å². The highest BCUT2D eigenvalue weighted by Gasteiger charge is 2.16. The molecule has 0 amide bonds. The summed E-state index contributed by atoms with van der Waals surface area (Å²) in [5.41, 5.74) is 5.92. The zero-order chi connectivity index (χ0) is 9.97. The van der Waals surface area contributed by atoms with E-state index in [2.05, 4.69) is 11.0 Å². The van der Waals surface area contributed by atoms with Gasteiger partial charge in [0.25, 0.3) is 0 Å². The Hall–Kier alpha value is -0.0900. The lowest BCUT2D eigenvalue weighted by Crippen LogP contribution is -2.42. The Morgan fingerprint density at radius 1 is 1.57 bits per heavy atom. The third kappa shape index (κ3) is 2.70. The fourth-order valence-corrected chi connectivity index (χ4v) is 3.02. The van der Waals surface area contributed by atoms with Crippen LogP contribution in [0.5, 0.6) is 0 Å². The highest BCUT2D eigenvalue weighted by molar-refractivity contribution is 7.16. The van der Waals surface area contributed by atoms with Gasteiger partial charge in [0.2, 0.25) is 0 Å². The molecule has 1 aromatic rings. The second-order valence-electron chi connectivity index (χ2n) is 3.84. The largest absolute Gasteiger partial charge is 0.327 e. The van der Waals surface area contributed by atoms with Gasteiger partial charge in [-0.3, -0.25) is 4.90 Å². The summed E-state index contributed by atoms with van der Waals surface area (Å²) >= 11 is 7.55. The molecule has 2 N–H and O–H groups in total. The van der Waals surface area contributed by atoms with Gasteiger partial charge in [-0.2, -0.15) is 0 Å². The molecule has 4 heteroatoms. The summed E-state index contributed by atoms with van der Waals surface area (Å²) in [6.45, 7) is 3.20. The van der Waals surface area contributed by atoms with Gasteiger partial charge in [0, 0.05) is 24.0 Å². The van der Waals surface area contributed by atoms with E-state index in [1.165, 1.54) is 24.3 Å². The van der Waals surface area contributed by atoms with Gasteiger partial charge in [0.1, 0.15) is 0 Å². The average molecular weight is 231 g/mol. The zero-order valence-corrected chi connectivity index (χ0v) is 9.65. The number of rotatable bonds is 2. The first kappa shape index (κ1) is 10.4. The summed E-state index contributed by atoms with van der Waals surface area (Å²) in [7, 11) is 0. The molecule has 0 radical (unpaired) electrons. The van der Waals surface area contributed by atoms with Crippen LogP contribution < -0.4 is 5.73 Å². The van der Waals surface area contributed by atoms with Crippen LogP contribution >= 0.6 is 22.9 Å². The molecule has 2 rings (SSSR count). The summed E-state index contributed by atoms with van der Waals surface area (Å²) in [5, 5.41) is 0. The van der Waals surface area contributed by atoms with Crippen LogP contribution in [0, 0.1) is 0 Å². The quantitative estimate of drug-likeness (QED) is 0.845. The van der Waals surface area contributed by atoms with E-state index in [9.17, 15) is 0 Å². The molecule has 1 saturated heterocycles. The van der Waals surface area contributed by atoms with Crippen molar-refractivity contribution in [2.24, 2.45) is 5.73 Å². The van der Waals surface area contributed by atoms with Crippen LogP contribution in [0.25, 0.3) is 0 Å². The van der Waals surface area contributed by atoms with Gasteiger partial charge >= 0.3 is 0 Å². The van der Waals surface area contributed by atoms with Gasteiger partial charge in [-0.05, 0) is 31.5 Å². The molecule has 0 spiro atoms. The van der Waals surface area contributed by atoms with Crippen LogP contribution in [0.3, 0.4) is 0 Å². The van der Waals surface area contributed by atoms with E-state index in [0.717, 1.165) is 17.4 Å². The number of thiophene rings is 1. The molecule has 14 heavy (non-hydrogen) atoms. The Balaban J connectivity index is 1.90. The molecule has 2 nitrogen and oxygen atoms in total. The molecular weight excluding hydrogens is 216 g/mol. The van der Waals surface area contributed by atoms with Crippen molar-refractivity contribution in [1.29, 1.82) is 0 Å². The van der Waals surface area contributed by atoms with Crippen molar-refractivity contribution in [2.75, 3.05) is 13.1 Å². The molecular formula is C10H15ClN2S. The molecule has 1 atom stereocenters. The maximum absolute atomic E-state index is 5.92. The minimum atomic E-state index is 0.360. The molecule has 1 aliphatic rings. The topological polar surface area (TPSA) is 29.3 Å².